The van der Waals surface area contributed by atoms with E-state index in [1.165, 1.54) is 0 Å². The molecule has 50 valence electrons. The molecule has 0 aromatic heterocycles. The highest BCUT2D eigenvalue weighted by atomic mass is 35.5. The van der Waals surface area contributed by atoms with E-state index in [1.54, 1.807) is 0 Å². The summed E-state index contributed by atoms with van der Waals surface area (Å²) in [4.78, 5) is 0. The van der Waals surface area contributed by atoms with Crippen molar-refractivity contribution in [3.8, 4) is 0 Å². The fraction of sp³-hybridized carbons (Fsp3) is 1.00. The van der Waals surface area contributed by atoms with E-state index in [2.05, 4.69) is 10.6 Å². The van der Waals surface area contributed by atoms with Gasteiger partial charge in [0.25, 0.3) is 0 Å². The Bertz CT molecular complexity index is 54.0. The Balaban J connectivity index is 0.000000490. The first kappa shape index (κ1) is 8.50. The predicted molar refractivity (Wildman–Crippen MR) is 37.8 cm³/mol. The van der Waals surface area contributed by atoms with Gasteiger partial charge in [0.2, 0.25) is 0 Å². The standard InChI is InChI=1S/C4H9ClN2.ClH/c5-3-4-6-1-2-7-4;/h4,6-7H,1-3H2;1H. The Kier molecular flexibility index (Phi) is 4.66. The summed E-state index contributed by atoms with van der Waals surface area (Å²) in [6.45, 7) is 2.11. The Morgan fingerprint density at radius 2 is 1.88 bits per heavy atom. The summed E-state index contributed by atoms with van der Waals surface area (Å²) in [6, 6.07) is 0. The van der Waals surface area contributed by atoms with Crippen LogP contribution in [0.2, 0.25) is 0 Å². The van der Waals surface area contributed by atoms with Gasteiger partial charge in [0, 0.05) is 13.1 Å². The molecule has 1 rings (SSSR count). The maximum absolute atomic E-state index is 5.48. The SMILES string of the molecule is Cl.ClCC1NCCN1. The lowest BCUT2D eigenvalue weighted by molar-refractivity contribution is 0.612. The van der Waals surface area contributed by atoms with Gasteiger partial charge in [-0.2, -0.15) is 0 Å². The number of hydrogen-bond acceptors (Lipinski definition) is 2. The van der Waals surface area contributed by atoms with Crippen molar-refractivity contribution in [1.29, 1.82) is 0 Å². The molecule has 0 unspecified atom stereocenters. The van der Waals surface area contributed by atoms with Gasteiger partial charge in [0.1, 0.15) is 0 Å². The van der Waals surface area contributed by atoms with Gasteiger partial charge in [0.05, 0.1) is 12.0 Å². The summed E-state index contributed by atoms with van der Waals surface area (Å²) >= 11 is 5.48. The lowest BCUT2D eigenvalue weighted by Crippen LogP contribution is -2.32. The van der Waals surface area contributed by atoms with Crippen LogP contribution in [0.15, 0.2) is 0 Å². The van der Waals surface area contributed by atoms with Gasteiger partial charge in [-0.1, -0.05) is 0 Å². The van der Waals surface area contributed by atoms with Gasteiger partial charge in [-0.05, 0) is 0 Å². The molecular weight excluding hydrogens is 147 g/mol. The molecule has 1 aliphatic rings. The molecule has 1 fully saturated rings. The van der Waals surface area contributed by atoms with Crippen molar-refractivity contribution in [3.05, 3.63) is 0 Å². The van der Waals surface area contributed by atoms with Crippen molar-refractivity contribution in [3.63, 3.8) is 0 Å². The normalized spacial score (nSPS) is 20.6. The molecule has 0 spiro atoms. The molecule has 0 aromatic rings. The Hall–Kier alpha value is 0.500. The van der Waals surface area contributed by atoms with Crippen LogP contribution in [-0.4, -0.2) is 25.1 Å². The summed E-state index contributed by atoms with van der Waals surface area (Å²) in [5.74, 6) is 0.667. The minimum atomic E-state index is 0. The summed E-state index contributed by atoms with van der Waals surface area (Å²) < 4.78 is 0. The second-order valence-corrected chi connectivity index (χ2v) is 1.92. The van der Waals surface area contributed by atoms with E-state index in [9.17, 15) is 0 Å². The zero-order valence-corrected chi connectivity index (χ0v) is 6.06. The van der Waals surface area contributed by atoms with Crippen molar-refractivity contribution in [2.24, 2.45) is 0 Å². The fourth-order valence-electron chi connectivity index (χ4n) is 0.674. The van der Waals surface area contributed by atoms with Crippen molar-refractivity contribution in [2.45, 2.75) is 6.17 Å². The van der Waals surface area contributed by atoms with Gasteiger partial charge >= 0.3 is 0 Å². The Morgan fingerprint density at radius 1 is 1.38 bits per heavy atom. The second kappa shape index (κ2) is 4.39. The van der Waals surface area contributed by atoms with Crippen LogP contribution >= 0.6 is 24.0 Å². The van der Waals surface area contributed by atoms with Crippen LogP contribution in [0.25, 0.3) is 0 Å². The third-order valence-electron chi connectivity index (χ3n) is 1.06. The third-order valence-corrected chi connectivity index (χ3v) is 1.37. The van der Waals surface area contributed by atoms with Gasteiger partial charge in [-0.15, -0.1) is 24.0 Å². The molecule has 0 saturated carbocycles. The molecule has 0 atom stereocenters. The molecule has 1 aliphatic heterocycles. The number of rotatable bonds is 1. The zero-order chi connectivity index (χ0) is 5.11. The van der Waals surface area contributed by atoms with Gasteiger partial charge in [-0.25, -0.2) is 0 Å². The molecule has 8 heavy (non-hydrogen) atoms. The van der Waals surface area contributed by atoms with E-state index in [4.69, 9.17) is 11.6 Å². The van der Waals surface area contributed by atoms with E-state index in [-0.39, 0.29) is 12.4 Å². The van der Waals surface area contributed by atoms with Crippen LogP contribution in [0.5, 0.6) is 0 Å². The van der Waals surface area contributed by atoms with Crippen LogP contribution in [0.3, 0.4) is 0 Å². The quantitative estimate of drug-likeness (QED) is 0.530. The molecule has 0 amide bonds. The summed E-state index contributed by atoms with van der Waals surface area (Å²) in [7, 11) is 0. The van der Waals surface area contributed by atoms with Gasteiger partial charge in [0.15, 0.2) is 0 Å². The van der Waals surface area contributed by atoms with E-state index in [0.717, 1.165) is 13.1 Å². The predicted octanol–water partition coefficient (Wildman–Crippen LogP) is 0.166. The molecule has 2 N–H and O–H groups in total. The summed E-state index contributed by atoms with van der Waals surface area (Å²) in [5, 5.41) is 6.33. The number of halogens is 2. The molecule has 0 aliphatic carbocycles. The zero-order valence-electron chi connectivity index (χ0n) is 4.48. The van der Waals surface area contributed by atoms with Crippen molar-refractivity contribution >= 4 is 24.0 Å². The summed E-state index contributed by atoms with van der Waals surface area (Å²) in [6.07, 6.45) is 0.363. The minimum Gasteiger partial charge on any atom is -0.300 e. The monoisotopic (exact) mass is 156 g/mol. The maximum Gasteiger partial charge on any atom is 0.0712 e. The van der Waals surface area contributed by atoms with Crippen LogP contribution in [-0.2, 0) is 0 Å². The largest absolute Gasteiger partial charge is 0.300 e. The highest BCUT2D eigenvalue weighted by molar-refractivity contribution is 6.18. The first-order valence-corrected chi connectivity index (χ1v) is 2.99. The van der Waals surface area contributed by atoms with Gasteiger partial charge in [-0.3, -0.25) is 10.6 Å². The topological polar surface area (TPSA) is 24.1 Å². The van der Waals surface area contributed by atoms with Gasteiger partial charge < -0.3 is 0 Å². The van der Waals surface area contributed by atoms with Crippen LogP contribution in [0.1, 0.15) is 0 Å². The summed E-state index contributed by atoms with van der Waals surface area (Å²) in [5.41, 5.74) is 0. The second-order valence-electron chi connectivity index (χ2n) is 1.62. The molecule has 0 bridgehead atoms. The molecular formula is C4H10Cl2N2. The van der Waals surface area contributed by atoms with E-state index >= 15 is 0 Å². The number of alkyl halides is 1. The van der Waals surface area contributed by atoms with Crippen LogP contribution in [0, 0.1) is 0 Å². The lowest BCUT2D eigenvalue weighted by atomic mass is 10.6. The number of nitrogens with one attached hydrogen (secondary N) is 2. The highest BCUT2D eigenvalue weighted by Gasteiger charge is 2.09. The van der Waals surface area contributed by atoms with E-state index in [1.807, 2.05) is 0 Å². The first-order chi connectivity index (χ1) is 3.43. The minimum absolute atomic E-state index is 0. The first-order valence-electron chi connectivity index (χ1n) is 2.46. The van der Waals surface area contributed by atoms with Crippen molar-refractivity contribution in [1.82, 2.24) is 10.6 Å². The smallest absolute Gasteiger partial charge is 0.0712 e. The fourth-order valence-corrected chi connectivity index (χ4v) is 0.892. The average Bonchev–Trinajstić information content (AvgIpc) is 2.14. The molecule has 1 heterocycles. The number of hydrogen-bond donors (Lipinski definition) is 2. The van der Waals surface area contributed by atoms with Crippen LogP contribution in [0.4, 0.5) is 0 Å². The van der Waals surface area contributed by atoms with E-state index < -0.39 is 0 Å². The maximum atomic E-state index is 5.48. The Morgan fingerprint density at radius 3 is 2.12 bits per heavy atom. The third kappa shape index (κ3) is 2.18. The average molecular weight is 157 g/mol. The highest BCUT2D eigenvalue weighted by Crippen LogP contribution is 1.86. The van der Waals surface area contributed by atoms with Crippen molar-refractivity contribution in [2.75, 3.05) is 19.0 Å². The molecule has 0 aromatic carbocycles. The van der Waals surface area contributed by atoms with Crippen LogP contribution < -0.4 is 10.6 Å². The molecule has 4 heteroatoms. The van der Waals surface area contributed by atoms with E-state index in [0.29, 0.717) is 12.0 Å². The Labute approximate surface area is 60.4 Å². The lowest BCUT2D eigenvalue weighted by Gasteiger charge is -2.02. The molecule has 2 nitrogen and oxygen atoms in total. The van der Waals surface area contributed by atoms with Crippen molar-refractivity contribution < 1.29 is 0 Å². The molecule has 0 radical (unpaired) electrons. The molecule has 1 saturated heterocycles.